The normalized spacial score (nSPS) is 18.1. The molecule has 2 rings (SSSR count). The first kappa shape index (κ1) is 10.5. The van der Waals surface area contributed by atoms with Crippen LogP contribution in [0.4, 0.5) is 13.2 Å². The van der Waals surface area contributed by atoms with Crippen molar-refractivity contribution < 1.29 is 13.2 Å². The van der Waals surface area contributed by atoms with E-state index >= 15 is 0 Å². The SMILES string of the molecule is Fc1ccc(C2CC[CH]CC2)c(F)c1F. The molecule has 1 aliphatic carbocycles. The average molecular weight is 213 g/mol. The molecule has 0 amide bonds. The summed E-state index contributed by atoms with van der Waals surface area (Å²) in [4.78, 5) is 0. The van der Waals surface area contributed by atoms with Crippen LogP contribution in [0, 0.1) is 23.9 Å². The Morgan fingerprint density at radius 3 is 2.27 bits per heavy atom. The zero-order valence-corrected chi connectivity index (χ0v) is 8.27. The minimum absolute atomic E-state index is 0.0325. The fourth-order valence-corrected chi connectivity index (χ4v) is 2.09. The van der Waals surface area contributed by atoms with E-state index in [-0.39, 0.29) is 5.92 Å². The molecule has 3 heteroatoms. The molecule has 0 unspecified atom stereocenters. The Bertz CT molecular complexity index is 354. The lowest BCUT2D eigenvalue weighted by Gasteiger charge is -2.22. The first-order valence-electron chi connectivity index (χ1n) is 5.15. The topological polar surface area (TPSA) is 0 Å². The minimum Gasteiger partial charge on any atom is -0.204 e. The second-order valence-corrected chi connectivity index (χ2v) is 3.90. The highest BCUT2D eigenvalue weighted by Crippen LogP contribution is 2.34. The first-order valence-corrected chi connectivity index (χ1v) is 5.15. The first-order chi connectivity index (χ1) is 7.20. The third kappa shape index (κ3) is 2.01. The van der Waals surface area contributed by atoms with Gasteiger partial charge in [0.05, 0.1) is 0 Å². The van der Waals surface area contributed by atoms with Crippen LogP contribution in [0.25, 0.3) is 0 Å². The van der Waals surface area contributed by atoms with Gasteiger partial charge in [-0.1, -0.05) is 6.07 Å². The van der Waals surface area contributed by atoms with Crippen LogP contribution < -0.4 is 0 Å². The summed E-state index contributed by atoms with van der Waals surface area (Å²) in [6.07, 6.45) is 5.63. The van der Waals surface area contributed by atoms with Crippen LogP contribution in [-0.4, -0.2) is 0 Å². The Morgan fingerprint density at radius 1 is 0.933 bits per heavy atom. The molecule has 81 valence electrons. The van der Waals surface area contributed by atoms with E-state index in [9.17, 15) is 13.2 Å². The monoisotopic (exact) mass is 213 g/mol. The van der Waals surface area contributed by atoms with Crippen molar-refractivity contribution in [2.45, 2.75) is 31.6 Å². The van der Waals surface area contributed by atoms with Crippen molar-refractivity contribution >= 4 is 0 Å². The third-order valence-electron chi connectivity index (χ3n) is 2.94. The molecule has 1 saturated carbocycles. The van der Waals surface area contributed by atoms with Crippen molar-refractivity contribution in [2.24, 2.45) is 0 Å². The van der Waals surface area contributed by atoms with Gasteiger partial charge in [-0.3, -0.25) is 0 Å². The number of halogens is 3. The fourth-order valence-electron chi connectivity index (χ4n) is 2.09. The van der Waals surface area contributed by atoms with Gasteiger partial charge in [-0.05, 0) is 49.7 Å². The molecule has 0 nitrogen and oxygen atoms in total. The molecule has 1 fully saturated rings. The maximum Gasteiger partial charge on any atom is 0.194 e. The van der Waals surface area contributed by atoms with Crippen LogP contribution in [-0.2, 0) is 0 Å². The van der Waals surface area contributed by atoms with Crippen LogP contribution in [0.5, 0.6) is 0 Å². The molecule has 15 heavy (non-hydrogen) atoms. The third-order valence-corrected chi connectivity index (χ3v) is 2.94. The van der Waals surface area contributed by atoms with E-state index in [1.165, 1.54) is 6.07 Å². The molecule has 0 heterocycles. The predicted molar refractivity (Wildman–Crippen MR) is 51.8 cm³/mol. The number of hydrogen-bond acceptors (Lipinski definition) is 0. The van der Waals surface area contributed by atoms with Gasteiger partial charge in [0.25, 0.3) is 0 Å². The van der Waals surface area contributed by atoms with E-state index in [0.29, 0.717) is 5.56 Å². The smallest absolute Gasteiger partial charge is 0.194 e. The molecule has 1 radical (unpaired) electrons. The maximum absolute atomic E-state index is 13.4. The highest BCUT2D eigenvalue weighted by atomic mass is 19.2. The number of hydrogen-bond donors (Lipinski definition) is 0. The van der Waals surface area contributed by atoms with Gasteiger partial charge in [0, 0.05) is 0 Å². The molecule has 0 bridgehead atoms. The molecular weight excluding hydrogens is 201 g/mol. The van der Waals surface area contributed by atoms with Crippen LogP contribution >= 0.6 is 0 Å². The summed E-state index contributed by atoms with van der Waals surface area (Å²) >= 11 is 0. The van der Waals surface area contributed by atoms with Crippen molar-refractivity contribution in [3.8, 4) is 0 Å². The van der Waals surface area contributed by atoms with Crippen LogP contribution in [0.15, 0.2) is 12.1 Å². The van der Waals surface area contributed by atoms with Crippen LogP contribution in [0.3, 0.4) is 0 Å². The highest BCUT2D eigenvalue weighted by molar-refractivity contribution is 5.24. The van der Waals surface area contributed by atoms with Crippen molar-refractivity contribution in [1.82, 2.24) is 0 Å². The summed E-state index contributed by atoms with van der Waals surface area (Å²) in [5.74, 6) is -3.44. The second kappa shape index (κ2) is 4.25. The van der Waals surface area contributed by atoms with E-state index in [1.807, 2.05) is 0 Å². The molecule has 0 aromatic heterocycles. The Morgan fingerprint density at radius 2 is 1.60 bits per heavy atom. The van der Waals surface area contributed by atoms with Gasteiger partial charge < -0.3 is 0 Å². The van der Waals surface area contributed by atoms with E-state index < -0.39 is 17.5 Å². The molecule has 0 N–H and O–H groups in total. The second-order valence-electron chi connectivity index (χ2n) is 3.90. The predicted octanol–water partition coefficient (Wildman–Crippen LogP) is 3.97. The van der Waals surface area contributed by atoms with Gasteiger partial charge >= 0.3 is 0 Å². The Labute approximate surface area is 87.1 Å². The van der Waals surface area contributed by atoms with Crippen molar-refractivity contribution in [3.63, 3.8) is 0 Å². The summed E-state index contributed by atoms with van der Waals surface area (Å²) in [5.41, 5.74) is 0.321. The lowest BCUT2D eigenvalue weighted by molar-refractivity contribution is 0.421. The molecule has 1 aliphatic rings. The van der Waals surface area contributed by atoms with E-state index in [1.54, 1.807) is 0 Å². The van der Waals surface area contributed by atoms with Crippen LogP contribution in [0.2, 0.25) is 0 Å². The number of rotatable bonds is 1. The summed E-state index contributed by atoms with van der Waals surface area (Å²) in [7, 11) is 0. The van der Waals surface area contributed by atoms with E-state index in [4.69, 9.17) is 0 Å². The van der Waals surface area contributed by atoms with Crippen molar-refractivity contribution in [2.75, 3.05) is 0 Å². The fraction of sp³-hybridized carbons (Fsp3) is 0.417. The van der Waals surface area contributed by atoms with Crippen molar-refractivity contribution in [1.29, 1.82) is 0 Å². The summed E-state index contributed by atoms with van der Waals surface area (Å²) in [6, 6.07) is 2.37. The van der Waals surface area contributed by atoms with Gasteiger partial charge in [0.1, 0.15) is 0 Å². The summed E-state index contributed by atoms with van der Waals surface area (Å²) in [6.45, 7) is 0. The van der Waals surface area contributed by atoms with Crippen LogP contribution in [0.1, 0.15) is 37.2 Å². The molecule has 1 aromatic carbocycles. The van der Waals surface area contributed by atoms with Gasteiger partial charge in [0.2, 0.25) is 0 Å². The van der Waals surface area contributed by atoms with Crippen molar-refractivity contribution in [3.05, 3.63) is 41.6 Å². The van der Waals surface area contributed by atoms with Gasteiger partial charge in [-0.2, -0.15) is 0 Å². The Hall–Kier alpha value is -0.990. The van der Waals surface area contributed by atoms with E-state index in [2.05, 4.69) is 6.42 Å². The standard InChI is InChI=1S/C12H12F3/c13-10-7-6-9(11(14)12(10)15)8-4-2-1-3-5-8/h1,6-8H,2-5H2. The number of benzene rings is 1. The van der Waals surface area contributed by atoms with E-state index in [0.717, 1.165) is 31.7 Å². The molecule has 0 spiro atoms. The highest BCUT2D eigenvalue weighted by Gasteiger charge is 2.22. The van der Waals surface area contributed by atoms with Gasteiger partial charge in [0.15, 0.2) is 17.5 Å². The summed E-state index contributed by atoms with van der Waals surface area (Å²) < 4.78 is 39.1. The molecule has 0 atom stereocenters. The zero-order valence-electron chi connectivity index (χ0n) is 8.27. The van der Waals surface area contributed by atoms with Gasteiger partial charge in [-0.25, -0.2) is 13.2 Å². The van der Waals surface area contributed by atoms with Gasteiger partial charge in [-0.15, -0.1) is 0 Å². The molecule has 1 aromatic rings. The minimum atomic E-state index is -1.35. The average Bonchev–Trinajstić information content (AvgIpc) is 2.27. The largest absolute Gasteiger partial charge is 0.204 e. The lowest BCUT2D eigenvalue weighted by Crippen LogP contribution is -2.08. The molecule has 0 aliphatic heterocycles. The Balaban J connectivity index is 2.31. The summed E-state index contributed by atoms with van der Waals surface area (Å²) in [5, 5.41) is 0. The molecular formula is C12H12F3. The quantitative estimate of drug-likeness (QED) is 0.619. The molecule has 0 saturated heterocycles. The Kier molecular flexibility index (Phi) is 2.98. The maximum atomic E-state index is 13.4. The zero-order chi connectivity index (χ0) is 10.8. The lowest BCUT2D eigenvalue weighted by atomic mass is 9.84.